The number of ketones is 1. The molecule has 0 atom stereocenters. The summed E-state index contributed by atoms with van der Waals surface area (Å²) < 4.78 is 6.83. The number of benzene rings is 2. The van der Waals surface area contributed by atoms with Crippen LogP contribution in [0.25, 0.3) is 0 Å². The van der Waals surface area contributed by atoms with Gasteiger partial charge in [0.1, 0.15) is 5.75 Å². The van der Waals surface area contributed by atoms with E-state index in [1.807, 2.05) is 24.3 Å². The monoisotopic (exact) mass is 349 g/mol. The van der Waals surface area contributed by atoms with Crippen LogP contribution in [0.2, 0.25) is 0 Å². The first-order valence-corrected chi connectivity index (χ1v) is 8.11. The van der Waals surface area contributed by atoms with Gasteiger partial charge in [-0.15, -0.1) is 0 Å². The summed E-state index contributed by atoms with van der Waals surface area (Å²) >= 11 is 0. The number of nitrogens with one attached hydrogen (secondary N) is 1. The number of hydrogen-bond acceptors (Lipinski definition) is 4. The topological polar surface area (TPSA) is 73.2 Å². The molecular formula is C20H19N3O3. The van der Waals surface area contributed by atoms with Gasteiger partial charge in [-0.05, 0) is 42.0 Å². The Labute approximate surface area is 151 Å². The van der Waals surface area contributed by atoms with Crippen molar-refractivity contribution >= 4 is 17.4 Å². The zero-order valence-electron chi connectivity index (χ0n) is 14.6. The molecule has 0 radical (unpaired) electrons. The van der Waals surface area contributed by atoms with Gasteiger partial charge >= 0.3 is 0 Å². The highest BCUT2D eigenvalue weighted by Crippen LogP contribution is 2.15. The van der Waals surface area contributed by atoms with Crippen molar-refractivity contribution in [2.45, 2.75) is 6.42 Å². The van der Waals surface area contributed by atoms with Crippen molar-refractivity contribution in [3.05, 3.63) is 77.9 Å². The molecule has 3 aromatic rings. The van der Waals surface area contributed by atoms with Crippen LogP contribution in [0.15, 0.2) is 60.9 Å². The van der Waals surface area contributed by atoms with Gasteiger partial charge in [0, 0.05) is 30.7 Å². The van der Waals surface area contributed by atoms with Crippen LogP contribution in [0.1, 0.15) is 21.7 Å². The molecule has 6 nitrogen and oxygen atoms in total. The highest BCUT2D eigenvalue weighted by atomic mass is 16.5. The molecule has 0 spiro atoms. The third-order valence-electron chi connectivity index (χ3n) is 3.95. The lowest BCUT2D eigenvalue weighted by Gasteiger charge is -2.07. The molecule has 2 aromatic carbocycles. The van der Waals surface area contributed by atoms with Gasteiger partial charge in [-0.1, -0.05) is 12.1 Å². The van der Waals surface area contributed by atoms with Crippen LogP contribution in [-0.4, -0.2) is 28.4 Å². The van der Waals surface area contributed by atoms with Crippen LogP contribution in [0, 0.1) is 0 Å². The Morgan fingerprint density at radius 1 is 1.15 bits per heavy atom. The number of methoxy groups -OCH3 is 1. The summed E-state index contributed by atoms with van der Waals surface area (Å²) in [4.78, 5) is 28.6. The first-order chi connectivity index (χ1) is 12.6. The van der Waals surface area contributed by atoms with Crippen molar-refractivity contribution in [2.75, 3.05) is 12.4 Å². The SMILES string of the molecule is COc1cccc(CC(=O)Nc2ccc(C(=O)c3nccn3C)cc2)c1. The Hall–Kier alpha value is -3.41. The largest absolute Gasteiger partial charge is 0.497 e. The van der Waals surface area contributed by atoms with Gasteiger partial charge in [-0.25, -0.2) is 4.98 Å². The van der Waals surface area contributed by atoms with Gasteiger partial charge < -0.3 is 14.6 Å². The Bertz CT molecular complexity index is 929. The van der Waals surface area contributed by atoms with Gasteiger partial charge in [0.2, 0.25) is 11.7 Å². The summed E-state index contributed by atoms with van der Waals surface area (Å²) in [6.45, 7) is 0. The molecular weight excluding hydrogens is 330 g/mol. The average Bonchev–Trinajstić information content (AvgIpc) is 3.07. The van der Waals surface area contributed by atoms with E-state index in [-0.39, 0.29) is 18.1 Å². The van der Waals surface area contributed by atoms with E-state index < -0.39 is 0 Å². The fourth-order valence-electron chi connectivity index (χ4n) is 2.59. The number of hydrogen-bond donors (Lipinski definition) is 1. The van der Waals surface area contributed by atoms with E-state index >= 15 is 0 Å². The summed E-state index contributed by atoms with van der Waals surface area (Å²) in [5.74, 6) is 0.792. The first-order valence-electron chi connectivity index (χ1n) is 8.11. The zero-order chi connectivity index (χ0) is 18.5. The van der Waals surface area contributed by atoms with Crippen molar-refractivity contribution in [1.29, 1.82) is 0 Å². The average molecular weight is 349 g/mol. The number of carbonyl (C=O) groups is 2. The quantitative estimate of drug-likeness (QED) is 0.695. The Balaban J connectivity index is 1.64. The van der Waals surface area contributed by atoms with E-state index in [0.717, 1.165) is 5.56 Å². The Morgan fingerprint density at radius 3 is 2.58 bits per heavy atom. The third-order valence-corrected chi connectivity index (χ3v) is 3.95. The fourth-order valence-corrected chi connectivity index (χ4v) is 2.59. The van der Waals surface area contributed by atoms with E-state index in [1.54, 1.807) is 55.4 Å². The molecule has 1 heterocycles. The molecule has 6 heteroatoms. The lowest BCUT2D eigenvalue weighted by atomic mass is 10.1. The van der Waals surface area contributed by atoms with E-state index in [2.05, 4.69) is 10.3 Å². The van der Waals surface area contributed by atoms with E-state index in [0.29, 0.717) is 22.8 Å². The maximum Gasteiger partial charge on any atom is 0.228 e. The van der Waals surface area contributed by atoms with E-state index in [9.17, 15) is 9.59 Å². The van der Waals surface area contributed by atoms with Gasteiger partial charge in [-0.2, -0.15) is 0 Å². The number of rotatable bonds is 6. The minimum absolute atomic E-state index is 0.138. The zero-order valence-corrected chi connectivity index (χ0v) is 14.6. The van der Waals surface area contributed by atoms with Crippen LogP contribution in [-0.2, 0) is 18.3 Å². The summed E-state index contributed by atoms with van der Waals surface area (Å²) in [5.41, 5.74) is 2.02. The number of aryl methyl sites for hydroxylation is 1. The molecule has 0 aliphatic carbocycles. The molecule has 0 aliphatic heterocycles. The predicted octanol–water partition coefficient (Wildman–Crippen LogP) is 2.84. The van der Waals surface area contributed by atoms with Crippen LogP contribution in [0.5, 0.6) is 5.75 Å². The second-order valence-corrected chi connectivity index (χ2v) is 5.84. The van der Waals surface area contributed by atoms with Gasteiger partial charge in [-0.3, -0.25) is 9.59 Å². The summed E-state index contributed by atoms with van der Waals surface area (Å²) in [6.07, 6.45) is 3.55. The number of imidazole rings is 1. The predicted molar refractivity (Wildman–Crippen MR) is 98.4 cm³/mol. The number of amides is 1. The molecule has 1 N–H and O–H groups in total. The molecule has 0 bridgehead atoms. The first kappa shape index (κ1) is 17.4. The lowest BCUT2D eigenvalue weighted by molar-refractivity contribution is -0.115. The molecule has 1 aromatic heterocycles. The van der Waals surface area contributed by atoms with Crippen molar-refractivity contribution in [3.8, 4) is 5.75 Å². The minimum atomic E-state index is -0.160. The third kappa shape index (κ3) is 3.97. The molecule has 0 saturated carbocycles. The molecule has 1 amide bonds. The molecule has 3 rings (SSSR count). The van der Waals surface area contributed by atoms with E-state index in [1.165, 1.54) is 0 Å². The second kappa shape index (κ2) is 7.65. The summed E-state index contributed by atoms with van der Waals surface area (Å²) in [7, 11) is 3.36. The Morgan fingerprint density at radius 2 is 1.92 bits per heavy atom. The summed E-state index contributed by atoms with van der Waals surface area (Å²) in [5, 5.41) is 2.83. The van der Waals surface area contributed by atoms with Crippen LogP contribution < -0.4 is 10.1 Å². The van der Waals surface area contributed by atoms with Crippen molar-refractivity contribution in [1.82, 2.24) is 9.55 Å². The van der Waals surface area contributed by atoms with Crippen LogP contribution in [0.4, 0.5) is 5.69 Å². The second-order valence-electron chi connectivity index (χ2n) is 5.84. The number of anilines is 1. The standard InChI is InChI=1S/C20H19N3O3/c1-23-11-10-21-20(23)19(25)15-6-8-16(9-7-15)22-18(24)13-14-4-3-5-17(12-14)26-2/h3-12H,13H2,1-2H3,(H,22,24). The molecule has 0 aliphatic rings. The van der Waals surface area contributed by atoms with Crippen molar-refractivity contribution in [3.63, 3.8) is 0 Å². The van der Waals surface area contributed by atoms with E-state index in [4.69, 9.17) is 4.74 Å². The molecule has 0 fully saturated rings. The molecule has 132 valence electrons. The molecule has 0 saturated heterocycles. The van der Waals surface area contributed by atoms with Gasteiger partial charge in [0.25, 0.3) is 0 Å². The lowest BCUT2D eigenvalue weighted by Crippen LogP contribution is -2.14. The normalized spacial score (nSPS) is 10.4. The molecule has 26 heavy (non-hydrogen) atoms. The molecule has 0 unspecified atom stereocenters. The van der Waals surface area contributed by atoms with Crippen LogP contribution >= 0.6 is 0 Å². The summed E-state index contributed by atoms with van der Waals surface area (Å²) in [6, 6.07) is 14.2. The number of aromatic nitrogens is 2. The highest BCUT2D eigenvalue weighted by molar-refractivity contribution is 6.07. The highest BCUT2D eigenvalue weighted by Gasteiger charge is 2.13. The van der Waals surface area contributed by atoms with Gasteiger partial charge in [0.15, 0.2) is 5.82 Å². The number of nitrogens with zero attached hydrogens (tertiary/aromatic N) is 2. The maximum atomic E-state index is 12.4. The van der Waals surface area contributed by atoms with Crippen molar-refractivity contribution < 1.29 is 14.3 Å². The van der Waals surface area contributed by atoms with Crippen molar-refractivity contribution in [2.24, 2.45) is 7.05 Å². The van der Waals surface area contributed by atoms with Crippen LogP contribution in [0.3, 0.4) is 0 Å². The number of carbonyl (C=O) groups excluding carboxylic acids is 2. The maximum absolute atomic E-state index is 12.4. The smallest absolute Gasteiger partial charge is 0.228 e. The minimum Gasteiger partial charge on any atom is -0.497 e. The van der Waals surface area contributed by atoms with Gasteiger partial charge in [0.05, 0.1) is 13.5 Å². The Kier molecular flexibility index (Phi) is 5.12. The number of ether oxygens (including phenoxy) is 1. The fraction of sp³-hybridized carbons (Fsp3) is 0.150.